The fourth-order valence-corrected chi connectivity index (χ4v) is 7.31. The van der Waals surface area contributed by atoms with E-state index in [1.165, 1.54) is 4.90 Å². The fraction of sp³-hybridized carbons (Fsp3) is 0.176. The molecule has 208 valence electrons. The second-order valence-corrected chi connectivity index (χ2v) is 11.2. The van der Waals surface area contributed by atoms with E-state index in [1.54, 1.807) is 49.7 Å². The van der Waals surface area contributed by atoms with Crippen LogP contribution in [0, 0.1) is 11.8 Å². The zero-order chi connectivity index (χ0) is 29.0. The normalized spacial score (nSPS) is 23.5. The Balaban J connectivity index is 1.33. The second-order valence-electron chi connectivity index (χ2n) is 10.8. The van der Waals surface area contributed by atoms with Crippen LogP contribution in [0.3, 0.4) is 0 Å². The second kappa shape index (κ2) is 9.96. The van der Waals surface area contributed by atoms with Crippen molar-refractivity contribution in [1.29, 1.82) is 0 Å². The summed E-state index contributed by atoms with van der Waals surface area (Å²) in [6.07, 6.45) is 1.78. The maximum atomic E-state index is 14.4. The number of halogens is 1. The van der Waals surface area contributed by atoms with Crippen LogP contribution < -0.4 is 15.1 Å². The standard InChI is InChI=1S/C34H26ClN3O4/c1-42-21-16-14-20(15-17-21)18-28(39)37-36-19-34-24-10-4-2-8-22(24)29(23-9-3-5-11-25(23)34)30-31(34)33(41)38(32(30)40)27-13-7-6-12-26(27)35/h2-17,19,29-31H,18H2,1H3,(H,37,39)/b36-19-/t29?,30-,31+,34?/m0/s1. The van der Waals surface area contributed by atoms with E-state index in [0.29, 0.717) is 16.5 Å². The Morgan fingerprint density at radius 3 is 2.17 bits per heavy atom. The number of hydrogen-bond donors (Lipinski definition) is 1. The summed E-state index contributed by atoms with van der Waals surface area (Å²) in [5, 5.41) is 4.80. The molecule has 0 radical (unpaired) electrons. The van der Waals surface area contributed by atoms with Crippen molar-refractivity contribution in [3.05, 3.63) is 130 Å². The highest BCUT2D eigenvalue weighted by atomic mass is 35.5. The SMILES string of the molecule is COc1ccc(CC(=O)N/N=C\C23c4ccccc4C(c4ccccc42)[C@@H]2C(=O)N(c4ccccc4Cl)C(=O)[C@@H]23)cc1. The van der Waals surface area contributed by atoms with E-state index in [4.69, 9.17) is 16.3 Å². The molecule has 0 saturated carbocycles. The smallest absolute Gasteiger partial charge is 0.244 e. The third kappa shape index (κ3) is 3.73. The molecule has 0 unspecified atom stereocenters. The number of hydrazone groups is 1. The molecule has 7 nitrogen and oxygen atoms in total. The quantitative estimate of drug-likeness (QED) is 0.193. The molecule has 3 amide bonds. The largest absolute Gasteiger partial charge is 0.497 e. The zero-order valence-electron chi connectivity index (χ0n) is 22.7. The van der Waals surface area contributed by atoms with Crippen LogP contribution in [-0.4, -0.2) is 31.0 Å². The number of anilines is 1. The molecule has 4 aliphatic rings. The number of hydrogen-bond acceptors (Lipinski definition) is 5. The molecule has 4 aromatic carbocycles. The Hall–Kier alpha value is -4.75. The van der Waals surface area contributed by atoms with Crippen LogP contribution in [0.5, 0.6) is 5.75 Å². The van der Waals surface area contributed by atoms with E-state index < -0.39 is 17.3 Å². The Morgan fingerprint density at radius 1 is 0.905 bits per heavy atom. The molecule has 1 fully saturated rings. The summed E-state index contributed by atoms with van der Waals surface area (Å²) < 4.78 is 5.20. The molecule has 1 aliphatic heterocycles. The van der Waals surface area contributed by atoms with E-state index in [0.717, 1.165) is 27.8 Å². The van der Waals surface area contributed by atoms with Crippen molar-refractivity contribution in [2.75, 3.05) is 12.0 Å². The van der Waals surface area contributed by atoms with E-state index in [9.17, 15) is 14.4 Å². The third-order valence-corrected chi connectivity index (χ3v) is 9.08. The first-order valence-corrected chi connectivity index (χ1v) is 14.1. The molecule has 4 aromatic rings. The zero-order valence-corrected chi connectivity index (χ0v) is 23.4. The molecule has 42 heavy (non-hydrogen) atoms. The van der Waals surface area contributed by atoms with Crippen LogP contribution >= 0.6 is 11.6 Å². The highest BCUT2D eigenvalue weighted by Crippen LogP contribution is 2.63. The van der Waals surface area contributed by atoms with E-state index in [-0.39, 0.29) is 30.1 Å². The van der Waals surface area contributed by atoms with Crippen molar-refractivity contribution >= 4 is 41.2 Å². The summed E-state index contributed by atoms with van der Waals surface area (Å²) in [6.45, 7) is 0. The number of ether oxygens (including phenoxy) is 1. The van der Waals surface area contributed by atoms with Gasteiger partial charge in [-0.25, -0.2) is 10.3 Å². The van der Waals surface area contributed by atoms with Crippen LogP contribution in [-0.2, 0) is 26.2 Å². The number of para-hydroxylation sites is 1. The number of benzene rings is 4. The molecular weight excluding hydrogens is 550 g/mol. The maximum Gasteiger partial charge on any atom is 0.244 e. The molecule has 0 aromatic heterocycles. The summed E-state index contributed by atoms with van der Waals surface area (Å²) in [7, 11) is 1.59. The summed E-state index contributed by atoms with van der Waals surface area (Å²) in [5.74, 6) is -1.93. The van der Waals surface area contributed by atoms with Gasteiger partial charge in [0.2, 0.25) is 17.7 Å². The molecular formula is C34H26ClN3O4. The topological polar surface area (TPSA) is 88.1 Å². The van der Waals surface area contributed by atoms with Crippen LogP contribution in [0.4, 0.5) is 5.69 Å². The van der Waals surface area contributed by atoms with Gasteiger partial charge in [0, 0.05) is 12.1 Å². The van der Waals surface area contributed by atoms with E-state index in [1.807, 2.05) is 60.7 Å². The van der Waals surface area contributed by atoms with Gasteiger partial charge in [-0.2, -0.15) is 5.10 Å². The van der Waals surface area contributed by atoms with Crippen LogP contribution in [0.1, 0.15) is 33.7 Å². The number of amides is 3. The van der Waals surface area contributed by atoms with Crippen LogP contribution in [0.25, 0.3) is 0 Å². The molecule has 3 aliphatic carbocycles. The number of carbonyl (C=O) groups is 3. The van der Waals surface area contributed by atoms with Gasteiger partial charge in [-0.3, -0.25) is 14.4 Å². The summed E-state index contributed by atoms with van der Waals surface area (Å²) in [6, 6.07) is 29.9. The van der Waals surface area contributed by atoms with Gasteiger partial charge in [-0.1, -0.05) is 84.4 Å². The lowest BCUT2D eigenvalue weighted by molar-refractivity contribution is -0.123. The van der Waals surface area contributed by atoms with Gasteiger partial charge in [-0.15, -0.1) is 0 Å². The maximum absolute atomic E-state index is 14.4. The highest BCUT2D eigenvalue weighted by molar-refractivity contribution is 6.36. The van der Waals surface area contributed by atoms with Crippen LogP contribution in [0.2, 0.25) is 5.02 Å². The van der Waals surface area contributed by atoms with Crippen molar-refractivity contribution in [1.82, 2.24) is 5.43 Å². The lowest BCUT2D eigenvalue weighted by atomic mass is 9.47. The van der Waals surface area contributed by atoms with E-state index >= 15 is 0 Å². The van der Waals surface area contributed by atoms with Crippen molar-refractivity contribution < 1.29 is 19.1 Å². The van der Waals surface area contributed by atoms with Crippen molar-refractivity contribution in [2.24, 2.45) is 16.9 Å². The predicted molar refractivity (Wildman–Crippen MR) is 160 cm³/mol. The fourth-order valence-electron chi connectivity index (χ4n) is 7.09. The Bertz CT molecular complexity index is 1740. The Labute approximate surface area is 247 Å². The number of rotatable bonds is 6. The summed E-state index contributed by atoms with van der Waals surface area (Å²) >= 11 is 6.51. The van der Waals surface area contributed by atoms with Gasteiger partial charge in [-0.05, 0) is 52.1 Å². The first-order valence-electron chi connectivity index (χ1n) is 13.7. The van der Waals surface area contributed by atoms with E-state index in [2.05, 4.69) is 10.5 Å². The number of nitrogens with one attached hydrogen (secondary N) is 1. The summed E-state index contributed by atoms with van der Waals surface area (Å²) in [5.41, 5.74) is 6.55. The first kappa shape index (κ1) is 26.2. The highest BCUT2D eigenvalue weighted by Gasteiger charge is 2.68. The number of carbonyl (C=O) groups excluding carboxylic acids is 3. The lowest BCUT2D eigenvalue weighted by Gasteiger charge is -2.52. The summed E-state index contributed by atoms with van der Waals surface area (Å²) in [4.78, 5) is 42.8. The van der Waals surface area contributed by atoms with Gasteiger partial charge in [0.25, 0.3) is 0 Å². The molecule has 1 saturated heterocycles. The average Bonchev–Trinajstić information content (AvgIpc) is 3.28. The van der Waals surface area contributed by atoms with Gasteiger partial charge >= 0.3 is 0 Å². The Kier molecular flexibility index (Phi) is 6.21. The Morgan fingerprint density at radius 2 is 1.52 bits per heavy atom. The lowest BCUT2D eigenvalue weighted by Crippen LogP contribution is -2.54. The van der Waals surface area contributed by atoms with Gasteiger partial charge in [0.15, 0.2) is 0 Å². The average molecular weight is 576 g/mol. The predicted octanol–water partition coefficient (Wildman–Crippen LogP) is 5.24. The van der Waals surface area contributed by atoms with Crippen molar-refractivity contribution in [3.8, 4) is 5.75 Å². The molecule has 1 N–H and O–H groups in total. The third-order valence-electron chi connectivity index (χ3n) is 8.76. The minimum atomic E-state index is -1.08. The molecule has 2 atom stereocenters. The van der Waals surface area contributed by atoms with Crippen LogP contribution in [0.15, 0.2) is 102 Å². The molecule has 2 bridgehead atoms. The molecule has 1 heterocycles. The minimum absolute atomic E-state index is 0.118. The van der Waals surface area contributed by atoms with Gasteiger partial charge < -0.3 is 4.74 Å². The van der Waals surface area contributed by atoms with Gasteiger partial charge in [0.05, 0.1) is 41.5 Å². The van der Waals surface area contributed by atoms with Gasteiger partial charge in [0.1, 0.15) is 5.75 Å². The molecule has 8 rings (SSSR count). The minimum Gasteiger partial charge on any atom is -0.497 e. The number of nitrogens with zero attached hydrogens (tertiary/aromatic N) is 2. The van der Waals surface area contributed by atoms with Crippen molar-refractivity contribution in [2.45, 2.75) is 17.8 Å². The number of methoxy groups -OCH3 is 1. The first-order chi connectivity index (χ1) is 20.5. The monoisotopic (exact) mass is 575 g/mol. The molecule has 8 heteroatoms. The van der Waals surface area contributed by atoms with Crippen molar-refractivity contribution in [3.63, 3.8) is 0 Å². The number of imide groups is 1. The molecule has 0 spiro atoms.